The average molecular weight is 289 g/mol. The Morgan fingerprint density at radius 2 is 2.00 bits per heavy atom. The van der Waals surface area contributed by atoms with E-state index in [1.54, 1.807) is 29.6 Å². The second-order valence-electron chi connectivity index (χ2n) is 4.76. The molecule has 20 heavy (non-hydrogen) atoms. The first-order chi connectivity index (χ1) is 9.51. The third kappa shape index (κ3) is 3.22. The number of aryl methyl sites for hydroxylation is 2. The first kappa shape index (κ1) is 14.7. The van der Waals surface area contributed by atoms with Gasteiger partial charge in [-0.3, -0.25) is 9.48 Å². The first-order valence-corrected chi connectivity index (χ1v) is 7.69. The third-order valence-corrected chi connectivity index (χ3v) is 3.94. The number of amides is 1. The van der Waals surface area contributed by atoms with Crippen LogP contribution in [0.15, 0.2) is 35.2 Å². The highest BCUT2D eigenvalue weighted by atomic mass is 32.2. The van der Waals surface area contributed by atoms with E-state index in [9.17, 15) is 4.79 Å². The summed E-state index contributed by atoms with van der Waals surface area (Å²) < 4.78 is 1.61. The van der Waals surface area contributed by atoms with Crippen molar-refractivity contribution < 1.29 is 4.79 Å². The lowest BCUT2D eigenvalue weighted by Crippen LogP contribution is -2.28. The molecular weight excluding hydrogens is 270 g/mol. The summed E-state index contributed by atoms with van der Waals surface area (Å²) in [5, 5.41) is 7.19. The molecule has 0 bridgehead atoms. The summed E-state index contributed by atoms with van der Waals surface area (Å²) in [6, 6.07) is 9.98. The van der Waals surface area contributed by atoms with Crippen molar-refractivity contribution in [2.45, 2.75) is 24.8 Å². The van der Waals surface area contributed by atoms with E-state index in [0.29, 0.717) is 5.69 Å². The lowest BCUT2D eigenvalue weighted by atomic mass is 10.1. The molecule has 1 aromatic heterocycles. The lowest BCUT2D eigenvalue weighted by molar-refractivity contribution is 0.0930. The number of benzene rings is 1. The molecule has 1 heterocycles. The fourth-order valence-electron chi connectivity index (χ4n) is 2.07. The number of thioether (sulfide) groups is 1. The predicted octanol–water partition coefficient (Wildman–Crippen LogP) is 2.94. The number of carbonyl (C=O) groups is 1. The van der Waals surface area contributed by atoms with Crippen molar-refractivity contribution in [1.82, 2.24) is 15.1 Å². The van der Waals surface area contributed by atoms with Crippen molar-refractivity contribution in [3.05, 3.63) is 47.3 Å². The van der Waals surface area contributed by atoms with Crippen molar-refractivity contribution in [1.29, 1.82) is 0 Å². The molecule has 5 heteroatoms. The number of aromatic nitrogens is 2. The van der Waals surface area contributed by atoms with Crippen LogP contribution in [-0.2, 0) is 7.05 Å². The molecule has 2 rings (SSSR count). The molecule has 0 aliphatic heterocycles. The summed E-state index contributed by atoms with van der Waals surface area (Å²) in [6.07, 6.45) is 2.05. The molecule has 1 N–H and O–H groups in total. The zero-order valence-corrected chi connectivity index (χ0v) is 13.0. The molecule has 1 atom stereocenters. The number of hydrogen-bond donors (Lipinski definition) is 1. The van der Waals surface area contributed by atoms with Gasteiger partial charge in [0.05, 0.1) is 11.7 Å². The maximum absolute atomic E-state index is 12.2. The summed E-state index contributed by atoms with van der Waals surface area (Å²) in [6.45, 7) is 3.86. The Kier molecular flexibility index (Phi) is 4.49. The van der Waals surface area contributed by atoms with Gasteiger partial charge in [-0.1, -0.05) is 12.1 Å². The van der Waals surface area contributed by atoms with Gasteiger partial charge in [0.1, 0.15) is 5.69 Å². The minimum absolute atomic E-state index is 0.0337. The van der Waals surface area contributed by atoms with E-state index in [-0.39, 0.29) is 11.9 Å². The predicted molar refractivity (Wildman–Crippen MR) is 82.0 cm³/mol. The Morgan fingerprint density at radius 1 is 1.35 bits per heavy atom. The van der Waals surface area contributed by atoms with E-state index in [2.05, 4.69) is 22.5 Å². The van der Waals surface area contributed by atoms with Crippen LogP contribution in [-0.4, -0.2) is 21.9 Å². The van der Waals surface area contributed by atoms with E-state index >= 15 is 0 Å². The standard InChI is InChI=1S/C15H19N3OS/c1-10-9-14(18(3)17-10)15(19)16-11(2)12-5-7-13(20-4)8-6-12/h5-9,11H,1-4H3,(H,16,19)/t11-/m1/s1. The second kappa shape index (κ2) is 6.13. The third-order valence-electron chi connectivity index (χ3n) is 3.20. The van der Waals surface area contributed by atoms with Crippen LogP contribution in [0.25, 0.3) is 0 Å². The number of rotatable bonds is 4. The molecule has 106 valence electrons. The van der Waals surface area contributed by atoms with Crippen molar-refractivity contribution in [3.63, 3.8) is 0 Å². The summed E-state index contributed by atoms with van der Waals surface area (Å²) in [5.74, 6) is -0.102. The molecule has 0 fully saturated rings. The van der Waals surface area contributed by atoms with E-state index < -0.39 is 0 Å². The van der Waals surface area contributed by atoms with Gasteiger partial charge < -0.3 is 5.32 Å². The molecule has 1 aromatic carbocycles. The molecule has 1 amide bonds. The first-order valence-electron chi connectivity index (χ1n) is 6.46. The van der Waals surface area contributed by atoms with Crippen molar-refractivity contribution >= 4 is 17.7 Å². The van der Waals surface area contributed by atoms with Crippen LogP contribution >= 0.6 is 11.8 Å². The fourth-order valence-corrected chi connectivity index (χ4v) is 2.48. The van der Waals surface area contributed by atoms with Gasteiger partial charge >= 0.3 is 0 Å². The van der Waals surface area contributed by atoms with E-state index in [1.165, 1.54) is 4.90 Å². The molecule has 0 aliphatic rings. The molecule has 0 saturated carbocycles. The summed E-state index contributed by atoms with van der Waals surface area (Å²) in [4.78, 5) is 13.4. The molecular formula is C15H19N3OS. The van der Waals surface area contributed by atoms with Crippen molar-refractivity contribution in [2.75, 3.05) is 6.26 Å². The molecule has 0 unspecified atom stereocenters. The van der Waals surface area contributed by atoms with Crippen LogP contribution in [0.3, 0.4) is 0 Å². The smallest absolute Gasteiger partial charge is 0.270 e. The SMILES string of the molecule is CSc1ccc([C@@H](C)NC(=O)c2cc(C)nn2C)cc1. The molecule has 0 radical (unpaired) electrons. The number of nitrogens with one attached hydrogen (secondary N) is 1. The lowest BCUT2D eigenvalue weighted by Gasteiger charge is -2.14. The normalized spacial score (nSPS) is 12.2. The van der Waals surface area contributed by atoms with Gasteiger partial charge in [-0.2, -0.15) is 5.10 Å². The largest absolute Gasteiger partial charge is 0.344 e. The highest BCUT2D eigenvalue weighted by Crippen LogP contribution is 2.19. The Labute approximate surface area is 123 Å². The topological polar surface area (TPSA) is 46.9 Å². The van der Waals surface area contributed by atoms with Gasteiger partial charge in [0.25, 0.3) is 5.91 Å². The maximum Gasteiger partial charge on any atom is 0.270 e. The Balaban J connectivity index is 2.08. The summed E-state index contributed by atoms with van der Waals surface area (Å²) in [7, 11) is 1.78. The summed E-state index contributed by atoms with van der Waals surface area (Å²) in [5.41, 5.74) is 2.51. The van der Waals surface area contributed by atoms with Gasteiger partial charge in [-0.25, -0.2) is 0 Å². The number of hydrogen-bond acceptors (Lipinski definition) is 3. The monoisotopic (exact) mass is 289 g/mol. The minimum Gasteiger partial charge on any atom is -0.344 e. The van der Waals surface area contributed by atoms with Crippen LogP contribution in [0, 0.1) is 6.92 Å². The highest BCUT2D eigenvalue weighted by Gasteiger charge is 2.15. The molecule has 0 aliphatic carbocycles. The van der Waals surface area contributed by atoms with Gasteiger partial charge in [0, 0.05) is 11.9 Å². The highest BCUT2D eigenvalue weighted by molar-refractivity contribution is 7.98. The van der Waals surface area contributed by atoms with Gasteiger partial charge in [-0.15, -0.1) is 11.8 Å². The van der Waals surface area contributed by atoms with Crippen LogP contribution in [0.1, 0.15) is 34.7 Å². The number of nitrogens with zero attached hydrogens (tertiary/aromatic N) is 2. The zero-order chi connectivity index (χ0) is 14.7. The molecule has 2 aromatic rings. The van der Waals surface area contributed by atoms with Crippen molar-refractivity contribution in [2.24, 2.45) is 7.05 Å². The maximum atomic E-state index is 12.2. The van der Waals surface area contributed by atoms with Crippen LogP contribution in [0.5, 0.6) is 0 Å². The van der Waals surface area contributed by atoms with Gasteiger partial charge in [0.15, 0.2) is 0 Å². The second-order valence-corrected chi connectivity index (χ2v) is 5.64. The van der Waals surface area contributed by atoms with E-state index in [4.69, 9.17) is 0 Å². The van der Waals surface area contributed by atoms with Gasteiger partial charge in [0.2, 0.25) is 0 Å². The van der Waals surface area contributed by atoms with E-state index in [0.717, 1.165) is 11.3 Å². The van der Waals surface area contributed by atoms with E-state index in [1.807, 2.05) is 32.2 Å². The fraction of sp³-hybridized carbons (Fsp3) is 0.333. The molecule has 0 saturated heterocycles. The quantitative estimate of drug-likeness (QED) is 0.880. The molecule has 0 spiro atoms. The van der Waals surface area contributed by atoms with Crippen molar-refractivity contribution in [3.8, 4) is 0 Å². The van der Waals surface area contributed by atoms with Crippen LogP contribution in [0.4, 0.5) is 0 Å². The molecule has 4 nitrogen and oxygen atoms in total. The zero-order valence-electron chi connectivity index (χ0n) is 12.2. The van der Waals surface area contributed by atoms with Crippen LogP contribution in [0.2, 0.25) is 0 Å². The minimum atomic E-state index is -0.102. The average Bonchev–Trinajstić information content (AvgIpc) is 2.78. The van der Waals surface area contributed by atoms with Crippen LogP contribution < -0.4 is 5.32 Å². The Hall–Kier alpha value is -1.75. The van der Waals surface area contributed by atoms with Gasteiger partial charge in [-0.05, 0) is 43.9 Å². The Morgan fingerprint density at radius 3 is 2.50 bits per heavy atom. The summed E-state index contributed by atoms with van der Waals surface area (Å²) >= 11 is 1.71. The number of carbonyl (C=O) groups excluding carboxylic acids is 1. The Bertz CT molecular complexity index is 604.